The van der Waals surface area contributed by atoms with Gasteiger partial charge in [0, 0.05) is 51.2 Å². The van der Waals surface area contributed by atoms with Crippen LogP contribution in [0.2, 0.25) is 0 Å². The van der Waals surface area contributed by atoms with Crippen LogP contribution in [-0.2, 0) is 4.74 Å². The van der Waals surface area contributed by atoms with Gasteiger partial charge < -0.3 is 19.5 Å². The van der Waals surface area contributed by atoms with Crippen molar-refractivity contribution >= 4 is 16.9 Å². The highest BCUT2D eigenvalue weighted by atomic mass is 16.5. The second-order valence-electron chi connectivity index (χ2n) is 9.99. The highest BCUT2D eigenvalue weighted by molar-refractivity contribution is 5.81. The second-order valence-corrected chi connectivity index (χ2v) is 9.99. The van der Waals surface area contributed by atoms with Gasteiger partial charge in [-0.05, 0) is 50.5 Å². The molecule has 1 aliphatic carbocycles. The average Bonchev–Trinajstić information content (AvgIpc) is 2.84. The van der Waals surface area contributed by atoms with Crippen LogP contribution < -0.4 is 10.9 Å². The smallest absolute Gasteiger partial charge is 0.261 e. The molecule has 7 nitrogen and oxygen atoms in total. The van der Waals surface area contributed by atoms with Crippen molar-refractivity contribution in [3.05, 3.63) is 28.3 Å². The Bertz CT molecular complexity index is 961. The molecule has 1 N–H and O–H groups in total. The Morgan fingerprint density at radius 3 is 2.64 bits per heavy atom. The number of rotatable bonds is 9. The van der Waals surface area contributed by atoms with Gasteiger partial charge >= 0.3 is 0 Å². The zero-order chi connectivity index (χ0) is 23.2. The first-order valence-corrected chi connectivity index (χ1v) is 13.0. The van der Waals surface area contributed by atoms with Crippen LogP contribution in [0.3, 0.4) is 0 Å². The predicted octanol–water partition coefficient (Wildman–Crippen LogP) is 4.72. The summed E-state index contributed by atoms with van der Waals surface area (Å²) in [4.78, 5) is 25.5. The molecule has 7 heteroatoms. The van der Waals surface area contributed by atoms with Gasteiger partial charge in [-0.3, -0.25) is 4.79 Å². The summed E-state index contributed by atoms with van der Waals surface area (Å²) in [6.45, 7) is 8.08. The number of fused-ring (bicyclic) bond motifs is 1. The summed E-state index contributed by atoms with van der Waals surface area (Å²) < 4.78 is 7.26. The van der Waals surface area contributed by atoms with Crippen LogP contribution in [0.25, 0.3) is 10.9 Å². The van der Waals surface area contributed by atoms with Crippen LogP contribution in [0.5, 0.6) is 0 Å². The number of hydrogen-bond donors (Lipinski definition) is 1. The van der Waals surface area contributed by atoms with Crippen molar-refractivity contribution in [2.24, 2.45) is 0 Å². The van der Waals surface area contributed by atoms with Crippen LogP contribution in [0.15, 0.2) is 17.2 Å². The molecule has 0 bridgehead atoms. The highest BCUT2D eigenvalue weighted by Crippen LogP contribution is 2.36. The maximum atomic E-state index is 13.6. The van der Waals surface area contributed by atoms with Gasteiger partial charge in [-0.1, -0.05) is 32.6 Å². The Labute approximate surface area is 197 Å². The molecule has 2 aromatic heterocycles. The number of likely N-dealkylation sites (tertiary alicyclic amines) is 1. The maximum Gasteiger partial charge on any atom is 0.261 e. The molecule has 0 radical (unpaired) electrons. The molecule has 0 aromatic carbocycles. The third-order valence-electron chi connectivity index (χ3n) is 7.51. The number of hydrogen-bond acceptors (Lipinski definition) is 6. The van der Waals surface area contributed by atoms with E-state index in [9.17, 15) is 4.79 Å². The van der Waals surface area contributed by atoms with Crippen molar-refractivity contribution in [2.75, 3.05) is 38.7 Å². The molecule has 1 saturated heterocycles. The minimum absolute atomic E-state index is 0.0630. The maximum absolute atomic E-state index is 13.6. The molecule has 1 saturated carbocycles. The lowest BCUT2D eigenvalue weighted by Gasteiger charge is -2.33. The predicted molar refractivity (Wildman–Crippen MR) is 134 cm³/mol. The van der Waals surface area contributed by atoms with Gasteiger partial charge in [-0.25, -0.2) is 9.97 Å². The molecular formula is C26H41N5O2. The first-order valence-electron chi connectivity index (χ1n) is 13.0. The lowest BCUT2D eigenvalue weighted by Crippen LogP contribution is -2.39. The zero-order valence-electron chi connectivity index (χ0n) is 20.7. The van der Waals surface area contributed by atoms with Crippen LogP contribution in [0, 0.1) is 0 Å². The quantitative estimate of drug-likeness (QED) is 0.590. The Balaban J connectivity index is 1.67. The highest BCUT2D eigenvalue weighted by Gasteiger charge is 2.26. The summed E-state index contributed by atoms with van der Waals surface area (Å²) in [5, 5.41) is 4.11. The van der Waals surface area contributed by atoms with Gasteiger partial charge in [-0.2, -0.15) is 0 Å². The first kappa shape index (κ1) is 24.1. The number of methoxy groups -OCH3 is 1. The third kappa shape index (κ3) is 5.75. The van der Waals surface area contributed by atoms with E-state index >= 15 is 0 Å². The SMILES string of the molecule is CCCC(C)Nc1ncc2c(=O)n(C3CCN(CCOC)CC3)cc(C3CCCCC3)c2n1. The molecular weight excluding hydrogens is 414 g/mol. The van der Waals surface area contributed by atoms with Gasteiger partial charge in [0.05, 0.1) is 17.5 Å². The van der Waals surface area contributed by atoms with E-state index in [4.69, 9.17) is 9.72 Å². The van der Waals surface area contributed by atoms with Crippen molar-refractivity contribution in [1.82, 2.24) is 19.4 Å². The Morgan fingerprint density at radius 1 is 1.18 bits per heavy atom. The zero-order valence-corrected chi connectivity index (χ0v) is 20.7. The molecule has 2 aromatic rings. The van der Waals surface area contributed by atoms with Crippen molar-refractivity contribution in [2.45, 2.75) is 89.6 Å². The summed E-state index contributed by atoms with van der Waals surface area (Å²) in [5.41, 5.74) is 2.18. The van der Waals surface area contributed by atoms with E-state index < -0.39 is 0 Å². The molecule has 3 heterocycles. The van der Waals surface area contributed by atoms with Crippen molar-refractivity contribution in [1.29, 1.82) is 0 Å². The van der Waals surface area contributed by atoms with E-state index in [-0.39, 0.29) is 11.6 Å². The van der Waals surface area contributed by atoms with E-state index in [0.717, 1.165) is 57.4 Å². The molecule has 0 amide bonds. The Morgan fingerprint density at radius 2 is 1.94 bits per heavy atom. The van der Waals surface area contributed by atoms with Gasteiger partial charge in [0.15, 0.2) is 0 Å². The molecule has 182 valence electrons. The molecule has 1 unspecified atom stereocenters. The van der Waals surface area contributed by atoms with E-state index in [1.165, 1.54) is 37.7 Å². The van der Waals surface area contributed by atoms with E-state index in [1.54, 1.807) is 13.3 Å². The van der Waals surface area contributed by atoms with Gasteiger partial charge in [0.1, 0.15) is 0 Å². The average molecular weight is 456 g/mol. The summed E-state index contributed by atoms with van der Waals surface area (Å²) in [7, 11) is 1.75. The molecule has 0 spiro atoms. The minimum atomic E-state index is 0.0630. The molecule has 1 aliphatic heterocycles. The molecule has 2 aliphatic rings. The van der Waals surface area contributed by atoms with Crippen molar-refractivity contribution in [3.63, 3.8) is 0 Å². The van der Waals surface area contributed by atoms with E-state index in [0.29, 0.717) is 23.3 Å². The Kier molecular flexibility index (Phi) is 8.36. The number of piperidine rings is 1. The largest absolute Gasteiger partial charge is 0.383 e. The third-order valence-corrected chi connectivity index (χ3v) is 7.51. The monoisotopic (exact) mass is 455 g/mol. The number of anilines is 1. The van der Waals surface area contributed by atoms with Crippen LogP contribution in [0.1, 0.15) is 89.2 Å². The Hall–Kier alpha value is -1.99. The number of ether oxygens (including phenoxy) is 1. The number of nitrogens with one attached hydrogen (secondary N) is 1. The minimum Gasteiger partial charge on any atom is -0.383 e. The lowest BCUT2D eigenvalue weighted by atomic mass is 9.84. The van der Waals surface area contributed by atoms with Crippen LogP contribution in [-0.4, -0.2) is 58.8 Å². The normalized spacial score (nSPS) is 19.7. The van der Waals surface area contributed by atoms with E-state index in [2.05, 4.69) is 35.2 Å². The van der Waals surface area contributed by atoms with E-state index in [1.807, 2.05) is 4.57 Å². The van der Waals surface area contributed by atoms with Gasteiger partial charge in [-0.15, -0.1) is 0 Å². The topological polar surface area (TPSA) is 72.3 Å². The lowest BCUT2D eigenvalue weighted by molar-refractivity contribution is 0.121. The molecule has 4 rings (SSSR count). The fourth-order valence-corrected chi connectivity index (χ4v) is 5.59. The molecule has 33 heavy (non-hydrogen) atoms. The summed E-state index contributed by atoms with van der Waals surface area (Å²) in [5.74, 6) is 1.12. The van der Waals surface area contributed by atoms with Gasteiger partial charge in [0.2, 0.25) is 5.95 Å². The van der Waals surface area contributed by atoms with Gasteiger partial charge in [0.25, 0.3) is 5.56 Å². The first-order chi connectivity index (χ1) is 16.1. The molecule has 1 atom stereocenters. The number of pyridine rings is 1. The second kappa shape index (κ2) is 11.4. The summed E-state index contributed by atoms with van der Waals surface area (Å²) in [6.07, 6.45) is 14.3. The standard InChI is InChI=1S/C26H41N5O2/c1-4-8-19(2)28-26-27-17-22-24(29-26)23(20-9-6-5-7-10-20)18-31(25(22)32)21-11-13-30(14-12-21)15-16-33-3/h17-21H,4-16H2,1-3H3,(H,27,28,29). The summed E-state index contributed by atoms with van der Waals surface area (Å²) >= 11 is 0. The van der Waals surface area contributed by atoms with Crippen LogP contribution in [0.4, 0.5) is 5.95 Å². The van der Waals surface area contributed by atoms with Crippen molar-refractivity contribution in [3.8, 4) is 0 Å². The van der Waals surface area contributed by atoms with Crippen LogP contribution >= 0.6 is 0 Å². The number of nitrogens with zero attached hydrogens (tertiary/aromatic N) is 4. The number of aromatic nitrogens is 3. The summed E-state index contributed by atoms with van der Waals surface area (Å²) in [6, 6.07) is 0.555. The molecule has 2 fully saturated rings. The fraction of sp³-hybridized carbons (Fsp3) is 0.731. The fourth-order valence-electron chi connectivity index (χ4n) is 5.59. The van der Waals surface area contributed by atoms with Crippen molar-refractivity contribution < 1.29 is 4.74 Å².